The van der Waals surface area contributed by atoms with Gasteiger partial charge in [-0.15, -0.1) is 0 Å². The third-order valence-corrected chi connectivity index (χ3v) is 5.28. The molecule has 0 aliphatic heterocycles. The molecule has 146 valence electrons. The molecule has 0 aromatic heterocycles. The van der Waals surface area contributed by atoms with E-state index in [2.05, 4.69) is 10.0 Å². The highest BCUT2D eigenvalue weighted by atomic mass is 32.2. The van der Waals surface area contributed by atoms with Crippen LogP contribution in [-0.2, 0) is 21.2 Å². The third-order valence-electron chi connectivity index (χ3n) is 3.80. The van der Waals surface area contributed by atoms with Gasteiger partial charge in [-0.05, 0) is 55.3 Å². The van der Waals surface area contributed by atoms with Gasteiger partial charge in [-0.1, -0.05) is 12.1 Å². The summed E-state index contributed by atoms with van der Waals surface area (Å²) < 4.78 is 32.1. The van der Waals surface area contributed by atoms with Crippen LogP contribution in [0.25, 0.3) is 0 Å². The van der Waals surface area contributed by atoms with E-state index in [-0.39, 0.29) is 23.8 Å². The molecule has 0 radical (unpaired) electrons. The summed E-state index contributed by atoms with van der Waals surface area (Å²) in [6.45, 7) is 2.88. The second-order valence-electron chi connectivity index (χ2n) is 5.89. The van der Waals surface area contributed by atoms with Gasteiger partial charge < -0.3 is 15.8 Å². The van der Waals surface area contributed by atoms with Crippen molar-refractivity contribution in [2.24, 2.45) is 0 Å². The number of amides is 1. The van der Waals surface area contributed by atoms with Gasteiger partial charge in [0.15, 0.2) is 0 Å². The first-order chi connectivity index (χ1) is 12.9. The molecule has 8 heteroatoms. The van der Waals surface area contributed by atoms with Gasteiger partial charge in [0.1, 0.15) is 5.75 Å². The number of rotatable bonds is 10. The topological polar surface area (TPSA) is 111 Å². The molecule has 0 aliphatic rings. The largest absolute Gasteiger partial charge is 0.494 e. The Morgan fingerprint density at radius 1 is 1.04 bits per heavy atom. The van der Waals surface area contributed by atoms with Crippen molar-refractivity contribution in [3.8, 4) is 5.75 Å². The summed E-state index contributed by atoms with van der Waals surface area (Å²) >= 11 is 0. The van der Waals surface area contributed by atoms with Gasteiger partial charge in [0.05, 0.1) is 11.5 Å². The lowest BCUT2D eigenvalue weighted by Gasteiger charge is -2.09. The van der Waals surface area contributed by atoms with E-state index in [1.54, 1.807) is 12.1 Å². The fourth-order valence-corrected chi connectivity index (χ4v) is 3.41. The van der Waals surface area contributed by atoms with E-state index >= 15 is 0 Å². The molecular weight excluding hydrogens is 366 g/mol. The number of carbonyl (C=O) groups excluding carboxylic acids is 1. The number of benzene rings is 2. The van der Waals surface area contributed by atoms with Crippen molar-refractivity contribution in [2.75, 3.05) is 25.4 Å². The van der Waals surface area contributed by atoms with Crippen molar-refractivity contribution in [1.29, 1.82) is 0 Å². The van der Waals surface area contributed by atoms with Gasteiger partial charge >= 0.3 is 0 Å². The van der Waals surface area contributed by atoms with Crippen LogP contribution >= 0.6 is 0 Å². The molecule has 2 aromatic rings. The van der Waals surface area contributed by atoms with Crippen LogP contribution in [0.1, 0.15) is 18.9 Å². The molecule has 2 aromatic carbocycles. The number of anilines is 1. The Bertz CT molecular complexity index is 834. The second kappa shape index (κ2) is 9.94. The Morgan fingerprint density at radius 2 is 1.70 bits per heavy atom. The Hall–Kier alpha value is -2.58. The number of hydrogen-bond donors (Lipinski definition) is 3. The molecule has 2 rings (SSSR count). The van der Waals surface area contributed by atoms with Crippen molar-refractivity contribution in [3.63, 3.8) is 0 Å². The third kappa shape index (κ3) is 6.92. The highest BCUT2D eigenvalue weighted by Gasteiger charge is 2.14. The average Bonchev–Trinajstić information content (AvgIpc) is 2.64. The maximum absolute atomic E-state index is 12.2. The Balaban J connectivity index is 1.72. The molecule has 0 bridgehead atoms. The minimum absolute atomic E-state index is 0.0310. The zero-order valence-corrected chi connectivity index (χ0v) is 16.1. The first-order valence-electron chi connectivity index (χ1n) is 8.74. The SMILES string of the molecule is CCOc1ccc(S(=O)(=O)NCCC(=O)NCCc2ccc(N)cc2)cc1. The minimum Gasteiger partial charge on any atom is -0.494 e. The molecule has 0 atom stereocenters. The first-order valence-corrected chi connectivity index (χ1v) is 10.2. The van der Waals surface area contributed by atoms with E-state index < -0.39 is 10.0 Å². The number of nitrogen functional groups attached to an aromatic ring is 1. The Morgan fingerprint density at radius 3 is 2.33 bits per heavy atom. The van der Waals surface area contributed by atoms with Gasteiger partial charge in [-0.25, -0.2) is 13.1 Å². The number of ether oxygens (including phenoxy) is 1. The lowest BCUT2D eigenvalue weighted by molar-refractivity contribution is -0.120. The van der Waals surface area contributed by atoms with Crippen LogP contribution in [0, 0.1) is 0 Å². The van der Waals surface area contributed by atoms with Gasteiger partial charge in [-0.2, -0.15) is 0 Å². The van der Waals surface area contributed by atoms with Crippen molar-refractivity contribution in [3.05, 3.63) is 54.1 Å². The zero-order valence-electron chi connectivity index (χ0n) is 15.3. The molecule has 1 amide bonds. The molecule has 0 heterocycles. The molecule has 0 unspecified atom stereocenters. The molecule has 0 fully saturated rings. The smallest absolute Gasteiger partial charge is 0.240 e. The van der Waals surface area contributed by atoms with Crippen LogP contribution in [0.15, 0.2) is 53.4 Å². The fraction of sp³-hybridized carbons (Fsp3) is 0.316. The minimum atomic E-state index is -3.65. The molecule has 0 aliphatic carbocycles. The molecule has 0 saturated carbocycles. The monoisotopic (exact) mass is 391 g/mol. The highest BCUT2D eigenvalue weighted by Crippen LogP contribution is 2.15. The van der Waals surface area contributed by atoms with Crippen LogP contribution in [0.5, 0.6) is 5.75 Å². The Kier molecular flexibility index (Phi) is 7.63. The fourth-order valence-electron chi connectivity index (χ4n) is 2.38. The van der Waals surface area contributed by atoms with E-state index in [1.165, 1.54) is 12.1 Å². The Labute approximate surface area is 160 Å². The molecule has 7 nitrogen and oxygen atoms in total. The molecule has 4 N–H and O–H groups in total. The van der Waals surface area contributed by atoms with Crippen molar-refractivity contribution < 1.29 is 17.9 Å². The van der Waals surface area contributed by atoms with E-state index in [1.807, 2.05) is 31.2 Å². The van der Waals surface area contributed by atoms with Crippen molar-refractivity contribution >= 4 is 21.6 Å². The maximum Gasteiger partial charge on any atom is 0.240 e. The van der Waals surface area contributed by atoms with Crippen LogP contribution < -0.4 is 20.5 Å². The summed E-state index contributed by atoms with van der Waals surface area (Å²) in [6.07, 6.45) is 0.752. The lowest BCUT2D eigenvalue weighted by Crippen LogP contribution is -2.31. The van der Waals surface area contributed by atoms with E-state index in [0.29, 0.717) is 31.0 Å². The molecular formula is C19H25N3O4S. The summed E-state index contributed by atoms with van der Waals surface area (Å²) in [4.78, 5) is 12.0. The number of nitrogens with one attached hydrogen (secondary N) is 2. The molecule has 27 heavy (non-hydrogen) atoms. The quantitative estimate of drug-likeness (QED) is 0.534. The zero-order chi connectivity index (χ0) is 19.7. The van der Waals surface area contributed by atoms with Gasteiger partial charge in [-0.3, -0.25) is 4.79 Å². The summed E-state index contributed by atoms with van der Waals surface area (Å²) in [6, 6.07) is 13.6. The van der Waals surface area contributed by atoms with Crippen LogP contribution in [0.3, 0.4) is 0 Å². The van der Waals surface area contributed by atoms with Gasteiger partial charge in [0, 0.05) is 25.2 Å². The van der Waals surface area contributed by atoms with Crippen molar-refractivity contribution in [2.45, 2.75) is 24.7 Å². The van der Waals surface area contributed by atoms with Crippen LogP contribution in [0.2, 0.25) is 0 Å². The van der Waals surface area contributed by atoms with E-state index in [0.717, 1.165) is 5.56 Å². The standard InChI is InChI=1S/C19H25N3O4S/c1-2-26-17-7-9-18(10-8-17)27(24,25)22-14-12-19(23)21-13-11-15-3-5-16(20)6-4-15/h3-10,22H,2,11-14,20H2,1H3,(H,21,23). The lowest BCUT2D eigenvalue weighted by atomic mass is 10.1. The predicted molar refractivity (Wildman–Crippen MR) is 105 cm³/mol. The summed E-state index contributed by atoms with van der Waals surface area (Å²) in [5.74, 6) is 0.400. The molecule has 0 spiro atoms. The summed E-state index contributed by atoms with van der Waals surface area (Å²) in [5, 5.41) is 2.77. The summed E-state index contributed by atoms with van der Waals surface area (Å²) in [7, 11) is -3.65. The summed E-state index contributed by atoms with van der Waals surface area (Å²) in [5.41, 5.74) is 7.39. The normalized spacial score (nSPS) is 11.1. The van der Waals surface area contributed by atoms with Gasteiger partial charge in [0.25, 0.3) is 0 Å². The number of nitrogens with two attached hydrogens (primary N) is 1. The maximum atomic E-state index is 12.2. The van der Waals surface area contributed by atoms with Crippen molar-refractivity contribution in [1.82, 2.24) is 10.0 Å². The van der Waals surface area contributed by atoms with Gasteiger partial charge in [0.2, 0.25) is 15.9 Å². The number of hydrogen-bond acceptors (Lipinski definition) is 5. The highest BCUT2D eigenvalue weighted by molar-refractivity contribution is 7.89. The van der Waals surface area contributed by atoms with E-state index in [9.17, 15) is 13.2 Å². The second-order valence-corrected chi connectivity index (χ2v) is 7.66. The number of sulfonamides is 1. The van der Waals surface area contributed by atoms with Crippen LogP contribution in [0.4, 0.5) is 5.69 Å². The van der Waals surface area contributed by atoms with E-state index in [4.69, 9.17) is 10.5 Å². The molecule has 0 saturated heterocycles. The van der Waals surface area contributed by atoms with Crippen LogP contribution in [-0.4, -0.2) is 34.0 Å². The number of carbonyl (C=O) groups is 1. The predicted octanol–water partition coefficient (Wildman–Crippen LogP) is 1.69. The average molecular weight is 391 g/mol. The first kappa shape index (κ1) is 20.7.